The largest absolute Gasteiger partial charge is 0.489 e. The van der Waals surface area contributed by atoms with Crippen molar-refractivity contribution in [1.29, 1.82) is 0 Å². The molecule has 2 amide bonds. The first-order chi connectivity index (χ1) is 19.8. The van der Waals surface area contributed by atoms with E-state index in [1.54, 1.807) is 24.1 Å². The molecule has 11 heteroatoms. The van der Waals surface area contributed by atoms with Crippen LogP contribution in [0.1, 0.15) is 45.4 Å². The molecule has 5 atom stereocenters. The predicted octanol–water partition coefficient (Wildman–Crippen LogP) is 3.29. The average Bonchev–Trinajstić information content (AvgIpc) is 3.26. The SMILES string of the molecule is CCOc1cc(O[C@@H]2C[C@H]3C(=O)N[C@]4(C(=O)O)C[C@H]4/C=C\CCCCN(C)C(=O)[C@@H]3C2)c2ccc3c(c2n1)OCO3. The first-order valence-corrected chi connectivity index (χ1v) is 14.3. The summed E-state index contributed by atoms with van der Waals surface area (Å²) in [6, 6.07) is 5.35. The van der Waals surface area contributed by atoms with Gasteiger partial charge in [0.05, 0.1) is 18.4 Å². The standard InChI is InChI=1S/C30H35N3O8/c1-3-38-24-14-23(19-9-10-22-26(25(19)31-24)40-16-39-22)41-18-12-20-21(13-18)28(35)33(2)11-7-5-4-6-8-17-15-30(17,29(36)37)32-27(20)34/h6,8-10,14,17-18,20-21H,3-5,7,11-13,15-16H2,1-2H3,(H,32,34)(H,36,37)/b8-6-/t17-,18-,20-,21-,30-/m1/s1. The van der Waals surface area contributed by atoms with E-state index in [4.69, 9.17) is 18.9 Å². The van der Waals surface area contributed by atoms with Gasteiger partial charge in [-0.15, -0.1) is 0 Å². The number of carboxylic acid groups (broad SMARTS) is 1. The number of rotatable bonds is 5. The van der Waals surface area contributed by atoms with Gasteiger partial charge in [-0.3, -0.25) is 9.59 Å². The Bertz CT molecular complexity index is 1410. The van der Waals surface area contributed by atoms with Gasteiger partial charge in [-0.1, -0.05) is 12.2 Å². The zero-order valence-corrected chi connectivity index (χ0v) is 23.3. The Balaban J connectivity index is 1.31. The number of benzene rings is 1. The van der Waals surface area contributed by atoms with E-state index in [0.29, 0.717) is 60.0 Å². The molecule has 2 N–H and O–H groups in total. The van der Waals surface area contributed by atoms with Crippen LogP contribution in [0.2, 0.25) is 0 Å². The number of amides is 2. The molecule has 0 bridgehead atoms. The maximum atomic E-state index is 13.7. The van der Waals surface area contributed by atoms with E-state index in [1.807, 2.05) is 25.1 Å². The number of carbonyl (C=O) groups excluding carboxylic acids is 2. The van der Waals surface area contributed by atoms with E-state index in [2.05, 4.69) is 10.3 Å². The lowest BCUT2D eigenvalue weighted by molar-refractivity contribution is -0.145. The average molecular weight is 566 g/mol. The second-order valence-electron chi connectivity index (χ2n) is 11.3. The molecule has 4 aliphatic rings. The summed E-state index contributed by atoms with van der Waals surface area (Å²) >= 11 is 0. The summed E-state index contributed by atoms with van der Waals surface area (Å²) < 4.78 is 23.4. The minimum atomic E-state index is -1.33. The zero-order valence-electron chi connectivity index (χ0n) is 23.3. The molecule has 0 spiro atoms. The molecular formula is C30H35N3O8. The van der Waals surface area contributed by atoms with Crippen molar-refractivity contribution >= 4 is 28.7 Å². The number of nitrogens with zero attached hydrogens (tertiary/aromatic N) is 2. The Labute approximate surface area is 237 Å². The number of pyridine rings is 1. The fraction of sp³-hybridized carbons (Fsp3) is 0.533. The Hall–Kier alpha value is -4.02. The van der Waals surface area contributed by atoms with Gasteiger partial charge in [0.1, 0.15) is 22.9 Å². The molecule has 41 heavy (non-hydrogen) atoms. The van der Waals surface area contributed by atoms with Crippen LogP contribution in [-0.4, -0.2) is 71.4 Å². The molecule has 6 rings (SSSR count). The van der Waals surface area contributed by atoms with Crippen LogP contribution >= 0.6 is 0 Å². The van der Waals surface area contributed by atoms with Crippen molar-refractivity contribution in [3.05, 3.63) is 30.4 Å². The summed E-state index contributed by atoms with van der Waals surface area (Å²) in [4.78, 5) is 45.8. The molecule has 2 aliphatic carbocycles. The fourth-order valence-corrected chi connectivity index (χ4v) is 6.29. The highest BCUT2D eigenvalue weighted by Gasteiger charge is 2.61. The third kappa shape index (κ3) is 5.02. The van der Waals surface area contributed by atoms with Crippen molar-refractivity contribution in [2.45, 2.75) is 57.1 Å². The van der Waals surface area contributed by atoms with E-state index in [1.165, 1.54) is 0 Å². The summed E-state index contributed by atoms with van der Waals surface area (Å²) in [6.07, 6.45) is 6.87. The van der Waals surface area contributed by atoms with Crippen LogP contribution in [0.4, 0.5) is 0 Å². The number of carbonyl (C=O) groups is 3. The smallest absolute Gasteiger partial charge is 0.330 e. The summed E-state index contributed by atoms with van der Waals surface area (Å²) in [5.41, 5.74) is -0.783. The monoisotopic (exact) mass is 565 g/mol. The van der Waals surface area contributed by atoms with Gasteiger partial charge < -0.3 is 34.3 Å². The van der Waals surface area contributed by atoms with Crippen LogP contribution in [-0.2, 0) is 14.4 Å². The summed E-state index contributed by atoms with van der Waals surface area (Å²) in [6.45, 7) is 2.95. The minimum Gasteiger partial charge on any atom is -0.489 e. The molecule has 1 aromatic heterocycles. The van der Waals surface area contributed by atoms with Gasteiger partial charge in [0.25, 0.3) is 0 Å². The van der Waals surface area contributed by atoms with Gasteiger partial charge in [-0.25, -0.2) is 9.78 Å². The zero-order chi connectivity index (χ0) is 28.7. The first-order valence-electron chi connectivity index (χ1n) is 14.3. The number of allylic oxidation sites excluding steroid dienone is 1. The van der Waals surface area contributed by atoms with Gasteiger partial charge in [0.2, 0.25) is 24.5 Å². The number of carboxylic acids is 1. The Kier molecular flexibility index (Phi) is 7.13. The molecule has 2 aliphatic heterocycles. The molecule has 218 valence electrons. The molecule has 1 aromatic carbocycles. The quantitative estimate of drug-likeness (QED) is 0.523. The lowest BCUT2D eigenvalue weighted by Gasteiger charge is -2.26. The van der Waals surface area contributed by atoms with Crippen LogP contribution in [0, 0.1) is 17.8 Å². The molecule has 0 saturated heterocycles. The van der Waals surface area contributed by atoms with Crippen molar-refractivity contribution in [3.63, 3.8) is 0 Å². The van der Waals surface area contributed by atoms with Crippen LogP contribution in [0.5, 0.6) is 23.1 Å². The second-order valence-corrected chi connectivity index (χ2v) is 11.3. The number of aliphatic carboxylic acids is 1. The summed E-state index contributed by atoms with van der Waals surface area (Å²) in [7, 11) is 1.76. The lowest BCUT2D eigenvalue weighted by atomic mass is 9.93. The number of fused-ring (bicyclic) bond motifs is 5. The normalized spacial score (nSPS) is 30.1. The van der Waals surface area contributed by atoms with E-state index in [0.717, 1.165) is 19.3 Å². The van der Waals surface area contributed by atoms with Gasteiger partial charge in [0.15, 0.2) is 11.5 Å². The molecule has 11 nitrogen and oxygen atoms in total. The third-order valence-electron chi connectivity index (χ3n) is 8.62. The minimum absolute atomic E-state index is 0.0936. The molecule has 2 fully saturated rings. The number of hydrogen-bond acceptors (Lipinski definition) is 8. The summed E-state index contributed by atoms with van der Waals surface area (Å²) in [5, 5.41) is 13.5. The molecule has 2 saturated carbocycles. The Morgan fingerprint density at radius 3 is 2.85 bits per heavy atom. The maximum Gasteiger partial charge on any atom is 0.330 e. The number of ether oxygens (including phenoxy) is 4. The molecule has 3 heterocycles. The van der Waals surface area contributed by atoms with Gasteiger partial charge in [-0.05, 0) is 57.6 Å². The predicted molar refractivity (Wildman–Crippen MR) is 147 cm³/mol. The highest BCUT2D eigenvalue weighted by atomic mass is 16.7. The van der Waals surface area contributed by atoms with Crippen molar-refractivity contribution < 1.29 is 38.4 Å². The molecule has 0 radical (unpaired) electrons. The lowest BCUT2D eigenvalue weighted by Crippen LogP contribution is -2.49. The van der Waals surface area contributed by atoms with Crippen LogP contribution in [0.25, 0.3) is 10.9 Å². The van der Waals surface area contributed by atoms with E-state index in [9.17, 15) is 19.5 Å². The third-order valence-corrected chi connectivity index (χ3v) is 8.62. The van der Waals surface area contributed by atoms with Crippen molar-refractivity contribution in [1.82, 2.24) is 15.2 Å². The van der Waals surface area contributed by atoms with E-state index < -0.39 is 35.4 Å². The number of nitrogens with one attached hydrogen (secondary N) is 1. The maximum absolute atomic E-state index is 13.7. The van der Waals surface area contributed by atoms with Crippen LogP contribution in [0.3, 0.4) is 0 Å². The Morgan fingerprint density at radius 2 is 2.05 bits per heavy atom. The van der Waals surface area contributed by atoms with Crippen molar-refractivity contribution in [3.8, 4) is 23.1 Å². The number of aromatic nitrogens is 1. The summed E-state index contributed by atoms with van der Waals surface area (Å²) in [5.74, 6) is -1.25. The second kappa shape index (κ2) is 10.8. The topological polar surface area (TPSA) is 137 Å². The van der Waals surface area contributed by atoms with Crippen molar-refractivity contribution in [2.24, 2.45) is 17.8 Å². The molecule has 2 aromatic rings. The van der Waals surface area contributed by atoms with E-state index in [-0.39, 0.29) is 25.0 Å². The highest BCUT2D eigenvalue weighted by molar-refractivity contribution is 5.95. The van der Waals surface area contributed by atoms with Crippen molar-refractivity contribution in [2.75, 3.05) is 27.0 Å². The highest BCUT2D eigenvalue weighted by Crippen LogP contribution is 2.47. The molecular weight excluding hydrogens is 530 g/mol. The Morgan fingerprint density at radius 1 is 1.22 bits per heavy atom. The first kappa shape index (κ1) is 27.2. The van der Waals surface area contributed by atoms with Gasteiger partial charge >= 0.3 is 5.97 Å². The van der Waals surface area contributed by atoms with Gasteiger partial charge in [-0.2, -0.15) is 0 Å². The van der Waals surface area contributed by atoms with Crippen LogP contribution in [0.15, 0.2) is 30.4 Å². The van der Waals surface area contributed by atoms with Crippen LogP contribution < -0.4 is 24.3 Å². The fourth-order valence-electron chi connectivity index (χ4n) is 6.29. The molecule has 0 unspecified atom stereocenters. The van der Waals surface area contributed by atoms with E-state index >= 15 is 0 Å². The number of hydrogen-bond donors (Lipinski definition) is 2. The van der Waals surface area contributed by atoms with Gasteiger partial charge in [0, 0.05) is 31.0 Å².